The predicted molar refractivity (Wildman–Crippen MR) is 132 cm³/mol. The first kappa shape index (κ1) is 22.5. The Morgan fingerprint density at radius 3 is 2.77 bits per heavy atom. The summed E-state index contributed by atoms with van der Waals surface area (Å²) in [6, 6.07) is 18.0. The number of halogens is 1. The second kappa shape index (κ2) is 9.55. The second-order valence-electron chi connectivity index (χ2n) is 8.53. The molecule has 0 aliphatic carbocycles. The van der Waals surface area contributed by atoms with Crippen molar-refractivity contribution in [1.29, 1.82) is 0 Å². The van der Waals surface area contributed by atoms with E-state index in [1.165, 1.54) is 12.1 Å². The molecule has 0 radical (unpaired) electrons. The highest BCUT2D eigenvalue weighted by atomic mass is 19.1. The van der Waals surface area contributed by atoms with Crippen LogP contribution in [0.15, 0.2) is 66.9 Å². The Balaban J connectivity index is 1.42. The van der Waals surface area contributed by atoms with Crippen molar-refractivity contribution < 1.29 is 9.18 Å². The van der Waals surface area contributed by atoms with E-state index < -0.39 is 11.7 Å². The molecule has 3 aromatic heterocycles. The average molecular weight is 470 g/mol. The summed E-state index contributed by atoms with van der Waals surface area (Å²) in [5, 5.41) is 12.3. The Labute approximate surface area is 201 Å². The normalized spacial score (nSPS) is 11.4. The van der Waals surface area contributed by atoms with E-state index in [1.807, 2.05) is 55.4 Å². The molecule has 0 spiro atoms. The SMILES string of the molecule is CN(C)CCNC(=O)c1ccc(-c2ccc3nnn(Cc4cccc5cccnc45)c3n2)cc1F. The van der Waals surface area contributed by atoms with Gasteiger partial charge in [0.15, 0.2) is 5.65 Å². The molecule has 5 aromatic rings. The molecule has 5 rings (SSSR count). The molecule has 0 fully saturated rings. The summed E-state index contributed by atoms with van der Waals surface area (Å²) in [4.78, 5) is 23.5. The lowest BCUT2D eigenvalue weighted by molar-refractivity contribution is 0.0947. The first-order valence-electron chi connectivity index (χ1n) is 11.3. The van der Waals surface area contributed by atoms with Crippen molar-refractivity contribution in [1.82, 2.24) is 35.2 Å². The minimum absolute atomic E-state index is 0.00347. The minimum Gasteiger partial charge on any atom is -0.351 e. The summed E-state index contributed by atoms with van der Waals surface area (Å²) in [6.07, 6.45) is 1.77. The summed E-state index contributed by atoms with van der Waals surface area (Å²) >= 11 is 0. The van der Waals surface area contributed by atoms with E-state index in [2.05, 4.69) is 20.6 Å². The maximum atomic E-state index is 14.8. The van der Waals surface area contributed by atoms with Gasteiger partial charge in [0.2, 0.25) is 0 Å². The molecule has 1 amide bonds. The van der Waals surface area contributed by atoms with E-state index >= 15 is 0 Å². The lowest BCUT2D eigenvalue weighted by Gasteiger charge is -2.11. The number of rotatable bonds is 7. The summed E-state index contributed by atoms with van der Waals surface area (Å²) in [6.45, 7) is 1.56. The highest BCUT2D eigenvalue weighted by Crippen LogP contribution is 2.24. The number of carbonyl (C=O) groups excluding carboxylic acids is 1. The number of benzene rings is 2. The molecule has 0 saturated carbocycles. The molecule has 3 heterocycles. The number of aromatic nitrogens is 5. The molecule has 1 N–H and O–H groups in total. The first-order chi connectivity index (χ1) is 17.0. The highest BCUT2D eigenvalue weighted by Gasteiger charge is 2.15. The number of para-hydroxylation sites is 1. The Morgan fingerprint density at radius 2 is 1.94 bits per heavy atom. The van der Waals surface area contributed by atoms with Crippen LogP contribution in [0.4, 0.5) is 4.39 Å². The monoisotopic (exact) mass is 469 g/mol. The number of nitrogens with zero attached hydrogens (tertiary/aromatic N) is 6. The molecular weight excluding hydrogens is 445 g/mol. The standard InChI is InChI=1S/C26H24FN7O/c1-33(2)14-13-29-26(35)20-9-8-18(15-21(20)27)22-10-11-23-25(30-22)34(32-31-23)16-19-6-3-5-17-7-4-12-28-24(17)19/h3-12,15H,13-14,16H2,1-2H3,(H,29,35). The van der Waals surface area contributed by atoms with Gasteiger partial charge < -0.3 is 10.2 Å². The van der Waals surface area contributed by atoms with Crippen LogP contribution in [0.25, 0.3) is 33.3 Å². The average Bonchev–Trinajstić information content (AvgIpc) is 3.26. The van der Waals surface area contributed by atoms with E-state index in [1.54, 1.807) is 23.0 Å². The molecule has 35 heavy (non-hydrogen) atoms. The molecule has 0 bridgehead atoms. The van der Waals surface area contributed by atoms with Gasteiger partial charge in [0.1, 0.15) is 11.3 Å². The van der Waals surface area contributed by atoms with Crippen LogP contribution in [0.1, 0.15) is 15.9 Å². The molecular formula is C26H24FN7O. The van der Waals surface area contributed by atoms with Crippen molar-refractivity contribution >= 4 is 28.0 Å². The number of pyridine rings is 2. The van der Waals surface area contributed by atoms with Gasteiger partial charge in [-0.15, -0.1) is 5.10 Å². The number of amides is 1. The van der Waals surface area contributed by atoms with Gasteiger partial charge in [-0.2, -0.15) is 0 Å². The van der Waals surface area contributed by atoms with Gasteiger partial charge in [0.05, 0.1) is 23.3 Å². The summed E-state index contributed by atoms with van der Waals surface area (Å²) in [7, 11) is 3.82. The zero-order valence-corrected chi connectivity index (χ0v) is 19.4. The molecule has 0 aliphatic heterocycles. The molecule has 8 nitrogen and oxygen atoms in total. The molecule has 0 atom stereocenters. The largest absolute Gasteiger partial charge is 0.351 e. The van der Waals surface area contributed by atoms with Crippen molar-refractivity contribution in [3.8, 4) is 11.3 Å². The Bertz CT molecular complexity index is 1520. The molecule has 9 heteroatoms. The maximum Gasteiger partial charge on any atom is 0.254 e. The zero-order valence-electron chi connectivity index (χ0n) is 19.4. The van der Waals surface area contributed by atoms with Crippen LogP contribution in [0.2, 0.25) is 0 Å². The van der Waals surface area contributed by atoms with Crippen LogP contribution in [-0.4, -0.2) is 63.0 Å². The fourth-order valence-electron chi connectivity index (χ4n) is 3.92. The Hall–Kier alpha value is -4.24. The van der Waals surface area contributed by atoms with Crippen LogP contribution < -0.4 is 5.32 Å². The van der Waals surface area contributed by atoms with Crippen molar-refractivity contribution in [3.63, 3.8) is 0 Å². The van der Waals surface area contributed by atoms with Gasteiger partial charge in [0.25, 0.3) is 5.91 Å². The Morgan fingerprint density at radius 1 is 1.09 bits per heavy atom. The van der Waals surface area contributed by atoms with Crippen LogP contribution >= 0.6 is 0 Å². The number of likely N-dealkylation sites (N-methyl/N-ethyl adjacent to an activating group) is 1. The molecule has 2 aromatic carbocycles. The number of nitrogens with one attached hydrogen (secondary N) is 1. The predicted octanol–water partition coefficient (Wildman–Crippen LogP) is 3.52. The second-order valence-corrected chi connectivity index (χ2v) is 8.53. The molecule has 0 unspecified atom stereocenters. The highest BCUT2D eigenvalue weighted by molar-refractivity contribution is 5.95. The van der Waals surface area contributed by atoms with Gasteiger partial charge >= 0.3 is 0 Å². The topological polar surface area (TPSA) is 88.8 Å². The minimum atomic E-state index is -0.597. The zero-order chi connectivity index (χ0) is 24.4. The lowest BCUT2D eigenvalue weighted by atomic mass is 10.1. The van der Waals surface area contributed by atoms with Crippen molar-refractivity contribution in [2.24, 2.45) is 0 Å². The van der Waals surface area contributed by atoms with Crippen LogP contribution in [0.3, 0.4) is 0 Å². The van der Waals surface area contributed by atoms with Crippen LogP contribution in [0, 0.1) is 5.82 Å². The number of hydrogen-bond acceptors (Lipinski definition) is 6. The van der Waals surface area contributed by atoms with Crippen molar-refractivity contribution in [2.45, 2.75) is 6.54 Å². The van der Waals surface area contributed by atoms with Crippen molar-refractivity contribution in [3.05, 3.63) is 83.8 Å². The van der Waals surface area contributed by atoms with E-state index in [4.69, 9.17) is 4.98 Å². The summed E-state index contributed by atoms with van der Waals surface area (Å²) < 4.78 is 16.5. The van der Waals surface area contributed by atoms with Gasteiger partial charge in [-0.25, -0.2) is 14.1 Å². The third-order valence-corrected chi connectivity index (χ3v) is 5.75. The van der Waals surface area contributed by atoms with Crippen molar-refractivity contribution in [2.75, 3.05) is 27.2 Å². The number of carbonyl (C=O) groups is 1. The fraction of sp³-hybridized carbons (Fsp3) is 0.192. The third kappa shape index (κ3) is 4.71. The molecule has 0 saturated heterocycles. The smallest absolute Gasteiger partial charge is 0.254 e. The van der Waals surface area contributed by atoms with Gasteiger partial charge in [-0.05, 0) is 50.0 Å². The van der Waals surface area contributed by atoms with Crippen LogP contribution in [-0.2, 0) is 6.54 Å². The van der Waals surface area contributed by atoms with Gasteiger partial charge in [-0.3, -0.25) is 9.78 Å². The van der Waals surface area contributed by atoms with Gasteiger partial charge in [-0.1, -0.05) is 35.5 Å². The van der Waals surface area contributed by atoms with E-state index in [0.717, 1.165) is 16.5 Å². The quantitative estimate of drug-likeness (QED) is 0.392. The summed E-state index contributed by atoms with van der Waals surface area (Å²) in [5.41, 5.74) is 4.25. The molecule has 176 valence electrons. The van der Waals surface area contributed by atoms with E-state index in [0.29, 0.717) is 42.1 Å². The molecule has 0 aliphatic rings. The maximum absolute atomic E-state index is 14.8. The number of fused-ring (bicyclic) bond motifs is 2. The Kier molecular flexibility index (Phi) is 6.15. The third-order valence-electron chi connectivity index (χ3n) is 5.75. The van der Waals surface area contributed by atoms with Crippen LogP contribution in [0.5, 0.6) is 0 Å². The lowest BCUT2D eigenvalue weighted by Crippen LogP contribution is -2.31. The summed E-state index contributed by atoms with van der Waals surface area (Å²) in [5.74, 6) is -1.04. The van der Waals surface area contributed by atoms with Gasteiger partial charge in [0, 0.05) is 30.2 Å². The van der Waals surface area contributed by atoms with E-state index in [-0.39, 0.29) is 5.56 Å². The number of hydrogen-bond donors (Lipinski definition) is 1. The fourth-order valence-corrected chi connectivity index (χ4v) is 3.92. The first-order valence-corrected chi connectivity index (χ1v) is 11.3. The van der Waals surface area contributed by atoms with E-state index in [9.17, 15) is 9.18 Å².